The number of fused-ring (bicyclic) bond motifs is 1. The van der Waals surface area contributed by atoms with E-state index in [4.69, 9.17) is 16.7 Å². The van der Waals surface area contributed by atoms with Gasteiger partial charge in [0.05, 0.1) is 16.6 Å². The summed E-state index contributed by atoms with van der Waals surface area (Å²) in [6, 6.07) is 9.60. The highest BCUT2D eigenvalue weighted by molar-refractivity contribution is 6.30. The minimum absolute atomic E-state index is 0.172. The van der Waals surface area contributed by atoms with Crippen molar-refractivity contribution >= 4 is 28.4 Å². The van der Waals surface area contributed by atoms with Crippen molar-refractivity contribution in [3.8, 4) is 11.4 Å². The van der Waals surface area contributed by atoms with Crippen LogP contribution < -0.4 is 0 Å². The SMILES string of the molecule is O=C(CO)c1cc2nc(-c3cccc(Cl)c3)[nH]c2cc1F. The fourth-order valence-corrected chi connectivity index (χ4v) is 2.29. The first-order chi connectivity index (χ1) is 10.1. The lowest BCUT2D eigenvalue weighted by Gasteiger charge is -1.99. The standard InChI is InChI=1S/C15H10ClFN2O2/c16-9-3-1-2-8(4-9)15-18-12-5-10(14(21)7-20)11(17)6-13(12)19-15/h1-6,20H,7H2,(H,18,19). The topological polar surface area (TPSA) is 66.0 Å². The Bertz CT molecular complexity index is 845. The molecular weight excluding hydrogens is 295 g/mol. The summed E-state index contributed by atoms with van der Waals surface area (Å²) in [5.74, 6) is -0.843. The Balaban J connectivity index is 2.14. The van der Waals surface area contributed by atoms with Gasteiger partial charge in [0.1, 0.15) is 18.2 Å². The predicted octanol–water partition coefficient (Wildman–Crippen LogP) is 3.20. The van der Waals surface area contributed by atoms with Crippen LogP contribution in [0.25, 0.3) is 22.4 Å². The zero-order valence-electron chi connectivity index (χ0n) is 10.7. The number of H-pyrrole nitrogens is 1. The predicted molar refractivity (Wildman–Crippen MR) is 77.9 cm³/mol. The highest BCUT2D eigenvalue weighted by atomic mass is 35.5. The Hall–Kier alpha value is -2.24. The van der Waals surface area contributed by atoms with Gasteiger partial charge in [-0.15, -0.1) is 0 Å². The van der Waals surface area contributed by atoms with Crippen LogP contribution in [-0.4, -0.2) is 27.5 Å². The average molecular weight is 305 g/mol. The summed E-state index contributed by atoms with van der Waals surface area (Å²) in [4.78, 5) is 18.8. The molecule has 6 heteroatoms. The first-order valence-electron chi connectivity index (χ1n) is 6.18. The Morgan fingerprint density at radius 1 is 1.33 bits per heavy atom. The molecule has 1 heterocycles. The van der Waals surface area contributed by atoms with Gasteiger partial charge in [0, 0.05) is 16.7 Å². The maximum absolute atomic E-state index is 13.8. The Morgan fingerprint density at radius 3 is 2.86 bits per heavy atom. The second kappa shape index (κ2) is 5.27. The van der Waals surface area contributed by atoms with Crippen LogP contribution in [0.3, 0.4) is 0 Å². The fourth-order valence-electron chi connectivity index (χ4n) is 2.10. The zero-order valence-corrected chi connectivity index (χ0v) is 11.5. The number of imidazole rings is 1. The summed E-state index contributed by atoms with van der Waals surface area (Å²) in [5.41, 5.74) is 1.50. The van der Waals surface area contributed by atoms with Crippen molar-refractivity contribution in [2.45, 2.75) is 0 Å². The van der Waals surface area contributed by atoms with Gasteiger partial charge < -0.3 is 10.1 Å². The van der Waals surface area contributed by atoms with E-state index < -0.39 is 18.2 Å². The normalized spacial score (nSPS) is 11.0. The van der Waals surface area contributed by atoms with Crippen molar-refractivity contribution in [2.75, 3.05) is 6.61 Å². The molecule has 0 aliphatic heterocycles. The first-order valence-corrected chi connectivity index (χ1v) is 6.55. The van der Waals surface area contributed by atoms with Gasteiger partial charge in [0.25, 0.3) is 0 Å². The molecule has 0 bridgehead atoms. The molecule has 3 aromatic rings. The van der Waals surface area contributed by atoms with Crippen molar-refractivity contribution in [3.63, 3.8) is 0 Å². The molecule has 0 atom stereocenters. The van der Waals surface area contributed by atoms with E-state index in [1.54, 1.807) is 18.2 Å². The molecule has 1 aromatic heterocycles. The maximum Gasteiger partial charge on any atom is 0.191 e. The number of nitrogens with zero attached hydrogens (tertiary/aromatic N) is 1. The van der Waals surface area contributed by atoms with Gasteiger partial charge in [-0.1, -0.05) is 23.7 Å². The van der Waals surface area contributed by atoms with Gasteiger partial charge in [0.15, 0.2) is 5.78 Å². The molecule has 0 radical (unpaired) electrons. The van der Waals surface area contributed by atoms with E-state index in [2.05, 4.69) is 9.97 Å². The van der Waals surface area contributed by atoms with Crippen LogP contribution in [0, 0.1) is 5.82 Å². The minimum atomic E-state index is -0.742. The highest BCUT2D eigenvalue weighted by Crippen LogP contribution is 2.24. The van der Waals surface area contributed by atoms with Crippen molar-refractivity contribution in [3.05, 3.63) is 52.8 Å². The van der Waals surface area contributed by atoms with Crippen LogP contribution in [0.5, 0.6) is 0 Å². The van der Waals surface area contributed by atoms with Gasteiger partial charge >= 0.3 is 0 Å². The van der Waals surface area contributed by atoms with Gasteiger partial charge in [-0.25, -0.2) is 9.37 Å². The number of carbonyl (C=O) groups is 1. The largest absolute Gasteiger partial charge is 0.388 e. The van der Waals surface area contributed by atoms with E-state index in [-0.39, 0.29) is 5.56 Å². The highest BCUT2D eigenvalue weighted by Gasteiger charge is 2.14. The van der Waals surface area contributed by atoms with Crippen molar-refractivity contribution in [1.82, 2.24) is 9.97 Å². The van der Waals surface area contributed by atoms with E-state index in [1.165, 1.54) is 12.1 Å². The van der Waals surface area contributed by atoms with Crippen LogP contribution in [0.2, 0.25) is 5.02 Å². The lowest BCUT2D eigenvalue weighted by molar-refractivity contribution is 0.0900. The van der Waals surface area contributed by atoms with Gasteiger partial charge in [-0.05, 0) is 18.2 Å². The molecule has 3 rings (SSSR count). The van der Waals surface area contributed by atoms with Crippen molar-refractivity contribution in [2.24, 2.45) is 0 Å². The number of ketones is 1. The van der Waals surface area contributed by atoms with E-state index in [9.17, 15) is 9.18 Å². The number of aliphatic hydroxyl groups excluding tert-OH is 1. The van der Waals surface area contributed by atoms with Crippen LogP contribution in [0.1, 0.15) is 10.4 Å². The van der Waals surface area contributed by atoms with E-state index in [0.29, 0.717) is 21.9 Å². The molecule has 0 aliphatic rings. The third-order valence-electron chi connectivity index (χ3n) is 3.11. The third-order valence-corrected chi connectivity index (χ3v) is 3.35. The number of rotatable bonds is 3. The minimum Gasteiger partial charge on any atom is -0.388 e. The molecule has 0 aliphatic carbocycles. The van der Waals surface area contributed by atoms with Crippen molar-refractivity contribution in [1.29, 1.82) is 0 Å². The number of hydrogen-bond donors (Lipinski definition) is 2. The summed E-state index contributed by atoms with van der Waals surface area (Å²) < 4.78 is 13.8. The molecule has 2 N–H and O–H groups in total. The second-order valence-electron chi connectivity index (χ2n) is 4.53. The number of benzene rings is 2. The number of nitrogens with one attached hydrogen (secondary N) is 1. The molecule has 0 amide bonds. The lowest BCUT2D eigenvalue weighted by Crippen LogP contribution is -2.06. The van der Waals surface area contributed by atoms with Crippen molar-refractivity contribution < 1.29 is 14.3 Å². The molecule has 0 spiro atoms. The summed E-state index contributed by atoms with van der Waals surface area (Å²) in [6.07, 6.45) is 0. The molecule has 0 unspecified atom stereocenters. The zero-order chi connectivity index (χ0) is 15.0. The lowest BCUT2D eigenvalue weighted by atomic mass is 10.1. The quantitative estimate of drug-likeness (QED) is 0.730. The molecule has 0 saturated heterocycles. The molecule has 106 valence electrons. The van der Waals surface area contributed by atoms with Gasteiger partial charge in [0.2, 0.25) is 0 Å². The Kier molecular flexibility index (Phi) is 3.45. The van der Waals surface area contributed by atoms with Crippen LogP contribution in [0.15, 0.2) is 36.4 Å². The molecular formula is C15H10ClFN2O2. The number of carbonyl (C=O) groups excluding carboxylic acids is 1. The van der Waals surface area contributed by atoms with Gasteiger partial charge in [-0.2, -0.15) is 0 Å². The Labute approximate surface area is 124 Å². The number of Topliss-reactive ketones (excluding diaryl/α,β-unsaturated/α-hetero) is 1. The molecule has 4 nitrogen and oxygen atoms in total. The molecule has 2 aromatic carbocycles. The average Bonchev–Trinajstić information content (AvgIpc) is 2.88. The Morgan fingerprint density at radius 2 is 2.14 bits per heavy atom. The molecule has 0 fully saturated rings. The van der Waals surface area contributed by atoms with Crippen LogP contribution >= 0.6 is 11.6 Å². The number of halogens is 2. The smallest absolute Gasteiger partial charge is 0.191 e. The van der Waals surface area contributed by atoms with Gasteiger partial charge in [-0.3, -0.25) is 4.79 Å². The summed E-state index contributed by atoms with van der Waals surface area (Å²) in [7, 11) is 0. The number of aromatic nitrogens is 2. The monoisotopic (exact) mass is 304 g/mol. The van der Waals surface area contributed by atoms with E-state index in [1.807, 2.05) is 6.07 Å². The number of aliphatic hydroxyl groups is 1. The fraction of sp³-hybridized carbons (Fsp3) is 0.0667. The van der Waals surface area contributed by atoms with Crippen LogP contribution in [0.4, 0.5) is 4.39 Å². The summed E-state index contributed by atoms with van der Waals surface area (Å²) >= 11 is 5.93. The maximum atomic E-state index is 13.8. The first kappa shape index (κ1) is 13.7. The third kappa shape index (κ3) is 2.53. The second-order valence-corrected chi connectivity index (χ2v) is 4.96. The number of aromatic amines is 1. The van der Waals surface area contributed by atoms with E-state index in [0.717, 1.165) is 5.56 Å². The summed E-state index contributed by atoms with van der Waals surface area (Å²) in [5, 5.41) is 9.40. The molecule has 21 heavy (non-hydrogen) atoms. The van der Waals surface area contributed by atoms with Crippen LogP contribution in [-0.2, 0) is 0 Å². The molecule has 0 saturated carbocycles. The summed E-state index contributed by atoms with van der Waals surface area (Å²) in [6.45, 7) is -0.742. The number of hydrogen-bond acceptors (Lipinski definition) is 3. The van der Waals surface area contributed by atoms with E-state index >= 15 is 0 Å².